The van der Waals surface area contributed by atoms with E-state index >= 15 is 0 Å². The van der Waals surface area contributed by atoms with E-state index in [1.165, 1.54) is 38.4 Å². The SMILES string of the molecule is CC1=NN(c2ccc(S(=O)(=O)N(C)C)cc2)C(=O)C1C(=O)Cc1cccc(-c2ccco2)c1. The van der Waals surface area contributed by atoms with Crippen LogP contribution in [0.1, 0.15) is 12.5 Å². The van der Waals surface area contributed by atoms with Crippen molar-refractivity contribution in [2.45, 2.75) is 18.2 Å². The van der Waals surface area contributed by atoms with Gasteiger partial charge in [-0.25, -0.2) is 12.7 Å². The molecule has 0 saturated carbocycles. The fourth-order valence-corrected chi connectivity index (χ4v) is 4.57. The van der Waals surface area contributed by atoms with Crippen molar-refractivity contribution in [3.8, 4) is 11.3 Å². The Labute approximate surface area is 192 Å². The molecule has 0 radical (unpaired) electrons. The van der Waals surface area contributed by atoms with Crippen LogP contribution >= 0.6 is 0 Å². The summed E-state index contributed by atoms with van der Waals surface area (Å²) in [5.41, 5.74) is 2.42. The van der Waals surface area contributed by atoms with Gasteiger partial charge in [0.1, 0.15) is 11.7 Å². The number of sulfonamides is 1. The molecule has 1 amide bonds. The lowest BCUT2D eigenvalue weighted by Crippen LogP contribution is -2.33. The molecule has 1 aromatic heterocycles. The maximum Gasteiger partial charge on any atom is 0.263 e. The number of hydrogen-bond acceptors (Lipinski definition) is 6. The zero-order valence-corrected chi connectivity index (χ0v) is 19.2. The first-order valence-corrected chi connectivity index (χ1v) is 11.7. The fraction of sp³-hybridized carbons (Fsp3) is 0.208. The van der Waals surface area contributed by atoms with Gasteiger partial charge < -0.3 is 4.42 Å². The molecule has 33 heavy (non-hydrogen) atoms. The molecule has 2 aromatic carbocycles. The predicted molar refractivity (Wildman–Crippen MR) is 124 cm³/mol. The quantitative estimate of drug-likeness (QED) is 0.498. The van der Waals surface area contributed by atoms with Crippen LogP contribution in [-0.4, -0.2) is 44.2 Å². The van der Waals surface area contributed by atoms with Crippen molar-refractivity contribution in [2.75, 3.05) is 19.1 Å². The number of furan rings is 1. The van der Waals surface area contributed by atoms with Gasteiger partial charge in [-0.15, -0.1) is 0 Å². The number of Topliss-reactive ketones (excluding diaryl/α,β-unsaturated/α-hetero) is 1. The van der Waals surface area contributed by atoms with E-state index in [0.29, 0.717) is 17.2 Å². The van der Waals surface area contributed by atoms with E-state index in [2.05, 4.69) is 5.10 Å². The normalized spacial score (nSPS) is 16.4. The zero-order valence-electron chi connectivity index (χ0n) is 18.4. The summed E-state index contributed by atoms with van der Waals surface area (Å²) in [7, 11) is -0.695. The van der Waals surface area contributed by atoms with Crippen molar-refractivity contribution in [1.29, 1.82) is 0 Å². The molecule has 1 aliphatic rings. The van der Waals surface area contributed by atoms with Crippen LogP contribution in [0.15, 0.2) is 81.3 Å². The van der Waals surface area contributed by atoms with Crippen LogP contribution in [0.4, 0.5) is 5.69 Å². The van der Waals surface area contributed by atoms with Gasteiger partial charge in [0.05, 0.1) is 22.6 Å². The molecule has 0 saturated heterocycles. The van der Waals surface area contributed by atoms with Crippen molar-refractivity contribution in [3.63, 3.8) is 0 Å². The highest BCUT2D eigenvalue weighted by atomic mass is 32.2. The van der Waals surface area contributed by atoms with Gasteiger partial charge in [-0.2, -0.15) is 10.1 Å². The molecule has 9 heteroatoms. The molecule has 0 aliphatic carbocycles. The van der Waals surface area contributed by atoms with Gasteiger partial charge in [0, 0.05) is 26.1 Å². The lowest BCUT2D eigenvalue weighted by molar-refractivity contribution is -0.128. The predicted octanol–water partition coefficient (Wildman–Crippen LogP) is 3.35. The number of hydrazone groups is 1. The van der Waals surface area contributed by atoms with Gasteiger partial charge in [-0.05, 0) is 55.0 Å². The standard InChI is InChI=1S/C24H23N3O5S/c1-16-23(21(28)15-17-6-4-7-18(14-17)22-8-5-13-32-22)24(29)27(25-16)19-9-11-20(12-10-19)33(30,31)26(2)3/h4-14,23H,15H2,1-3H3. The van der Waals surface area contributed by atoms with Gasteiger partial charge in [-0.3, -0.25) is 9.59 Å². The van der Waals surface area contributed by atoms with Crippen molar-refractivity contribution in [1.82, 2.24) is 4.31 Å². The third kappa shape index (κ3) is 4.37. The van der Waals surface area contributed by atoms with Crippen LogP contribution < -0.4 is 5.01 Å². The van der Waals surface area contributed by atoms with Crippen LogP contribution in [0.5, 0.6) is 0 Å². The topological polar surface area (TPSA) is 100 Å². The van der Waals surface area contributed by atoms with E-state index in [1.54, 1.807) is 19.3 Å². The number of anilines is 1. The highest BCUT2D eigenvalue weighted by molar-refractivity contribution is 7.89. The monoisotopic (exact) mass is 465 g/mol. The number of hydrogen-bond donors (Lipinski definition) is 0. The molecular formula is C24H23N3O5S. The molecule has 0 N–H and O–H groups in total. The number of carbonyl (C=O) groups excluding carboxylic acids is 2. The molecule has 170 valence electrons. The maximum absolute atomic E-state index is 13.0. The van der Waals surface area contributed by atoms with Crippen molar-refractivity contribution in [3.05, 3.63) is 72.5 Å². The third-order valence-corrected chi connectivity index (χ3v) is 7.25. The molecule has 1 aliphatic heterocycles. The first kappa shape index (κ1) is 22.6. The van der Waals surface area contributed by atoms with E-state index in [0.717, 1.165) is 20.4 Å². The maximum atomic E-state index is 13.0. The Morgan fingerprint density at radius 2 is 1.82 bits per heavy atom. The summed E-state index contributed by atoms with van der Waals surface area (Å²) in [6, 6.07) is 16.9. The number of ketones is 1. The number of nitrogens with zero attached hydrogens (tertiary/aromatic N) is 3. The minimum atomic E-state index is -3.59. The summed E-state index contributed by atoms with van der Waals surface area (Å²) in [6.07, 6.45) is 1.66. The number of rotatable bonds is 7. The minimum absolute atomic E-state index is 0.0751. The van der Waals surface area contributed by atoms with Crippen molar-refractivity contribution >= 4 is 33.1 Å². The molecule has 1 atom stereocenters. The summed E-state index contributed by atoms with van der Waals surface area (Å²) in [4.78, 5) is 26.2. The van der Waals surface area contributed by atoms with Gasteiger partial charge >= 0.3 is 0 Å². The molecule has 4 rings (SSSR count). The Bertz CT molecular complexity index is 1330. The van der Waals surface area contributed by atoms with E-state index in [-0.39, 0.29) is 17.1 Å². The first-order valence-electron chi connectivity index (χ1n) is 10.3. The zero-order chi connectivity index (χ0) is 23.8. The second-order valence-corrected chi connectivity index (χ2v) is 10.1. The van der Waals surface area contributed by atoms with Crippen molar-refractivity contribution in [2.24, 2.45) is 11.0 Å². The number of carbonyl (C=O) groups is 2. The van der Waals surface area contributed by atoms with E-state index in [4.69, 9.17) is 4.42 Å². The second kappa shape index (κ2) is 8.76. The average molecular weight is 466 g/mol. The summed E-state index contributed by atoms with van der Waals surface area (Å²) >= 11 is 0. The molecule has 0 spiro atoms. The summed E-state index contributed by atoms with van der Waals surface area (Å²) < 4.78 is 31.1. The van der Waals surface area contributed by atoms with Crippen LogP contribution in [0, 0.1) is 5.92 Å². The summed E-state index contributed by atoms with van der Waals surface area (Å²) in [5.74, 6) is -0.998. The van der Waals surface area contributed by atoms with E-state index < -0.39 is 21.8 Å². The number of benzene rings is 2. The molecule has 1 unspecified atom stereocenters. The Balaban J connectivity index is 1.51. The lowest BCUT2D eigenvalue weighted by atomic mass is 9.93. The van der Waals surface area contributed by atoms with Gasteiger partial charge in [-0.1, -0.05) is 18.2 Å². The van der Waals surface area contributed by atoms with Crippen LogP contribution in [0.2, 0.25) is 0 Å². The minimum Gasteiger partial charge on any atom is -0.464 e. The highest BCUT2D eigenvalue weighted by Crippen LogP contribution is 2.28. The lowest BCUT2D eigenvalue weighted by Gasteiger charge is -2.16. The third-order valence-electron chi connectivity index (χ3n) is 5.42. The molecule has 2 heterocycles. The summed E-state index contributed by atoms with van der Waals surface area (Å²) in [6.45, 7) is 1.64. The molecular weight excluding hydrogens is 442 g/mol. The van der Waals surface area contributed by atoms with E-state index in [9.17, 15) is 18.0 Å². The van der Waals surface area contributed by atoms with Gasteiger partial charge in [0.25, 0.3) is 5.91 Å². The van der Waals surface area contributed by atoms with Gasteiger partial charge in [0.2, 0.25) is 10.0 Å². The van der Waals surface area contributed by atoms with Gasteiger partial charge in [0.15, 0.2) is 5.78 Å². The molecule has 0 bridgehead atoms. The fourth-order valence-electron chi connectivity index (χ4n) is 3.67. The average Bonchev–Trinajstić information content (AvgIpc) is 3.42. The Kier molecular flexibility index (Phi) is 6.01. The second-order valence-electron chi connectivity index (χ2n) is 7.93. The highest BCUT2D eigenvalue weighted by Gasteiger charge is 2.39. The summed E-state index contributed by atoms with van der Waals surface area (Å²) in [5, 5.41) is 5.43. The largest absolute Gasteiger partial charge is 0.464 e. The van der Waals surface area contributed by atoms with E-state index in [1.807, 2.05) is 30.3 Å². The Morgan fingerprint density at radius 1 is 1.09 bits per heavy atom. The molecule has 8 nitrogen and oxygen atoms in total. The first-order chi connectivity index (χ1) is 15.7. The van der Waals surface area contributed by atoms with Crippen LogP contribution in [0.3, 0.4) is 0 Å². The van der Waals surface area contributed by atoms with Crippen LogP contribution in [-0.2, 0) is 26.0 Å². The molecule has 0 fully saturated rings. The van der Waals surface area contributed by atoms with Crippen molar-refractivity contribution < 1.29 is 22.4 Å². The number of amides is 1. The Hall–Kier alpha value is -3.56. The molecule has 3 aromatic rings. The van der Waals surface area contributed by atoms with Crippen LogP contribution in [0.25, 0.3) is 11.3 Å². The smallest absolute Gasteiger partial charge is 0.263 e. The Morgan fingerprint density at radius 3 is 2.45 bits per heavy atom.